The lowest BCUT2D eigenvalue weighted by molar-refractivity contribution is 0.0954. The Morgan fingerprint density at radius 1 is 1.12 bits per heavy atom. The van der Waals surface area contributed by atoms with Gasteiger partial charge >= 0.3 is 0 Å². The van der Waals surface area contributed by atoms with E-state index in [1.807, 2.05) is 6.07 Å². The third kappa shape index (κ3) is 3.74. The summed E-state index contributed by atoms with van der Waals surface area (Å²) >= 11 is 12.0. The minimum absolute atomic E-state index is 0.0786. The van der Waals surface area contributed by atoms with E-state index < -0.39 is 5.82 Å². The van der Waals surface area contributed by atoms with Crippen LogP contribution >= 0.6 is 23.2 Å². The Balaban J connectivity index is 1.62. The molecule has 0 saturated carbocycles. The zero-order chi connectivity index (χ0) is 17.1. The summed E-state index contributed by atoms with van der Waals surface area (Å²) in [5.74, 6) is 0.316. The van der Waals surface area contributed by atoms with Crippen molar-refractivity contribution in [2.45, 2.75) is 6.42 Å². The fraction of sp³-hybridized carbons (Fsp3) is 0.235. The van der Waals surface area contributed by atoms with Crippen molar-refractivity contribution in [3.8, 4) is 11.5 Å². The lowest BCUT2D eigenvalue weighted by Crippen LogP contribution is -2.26. The molecule has 1 aliphatic heterocycles. The molecule has 4 nitrogen and oxygen atoms in total. The summed E-state index contributed by atoms with van der Waals surface area (Å²) in [5, 5.41) is 3.31. The molecule has 1 N–H and O–H groups in total. The molecule has 2 aromatic rings. The molecule has 0 aromatic heterocycles. The van der Waals surface area contributed by atoms with Crippen LogP contribution in [-0.4, -0.2) is 25.7 Å². The van der Waals surface area contributed by atoms with E-state index in [0.717, 1.165) is 11.6 Å². The van der Waals surface area contributed by atoms with Crippen LogP contribution in [0.1, 0.15) is 15.9 Å². The highest BCUT2D eigenvalue weighted by molar-refractivity contribution is 6.33. The minimum atomic E-state index is -0.484. The van der Waals surface area contributed by atoms with Crippen LogP contribution in [0.4, 0.5) is 4.39 Å². The van der Waals surface area contributed by atoms with Crippen LogP contribution in [0.3, 0.4) is 0 Å². The predicted octanol–water partition coefficient (Wildman–Crippen LogP) is 3.88. The highest BCUT2D eigenvalue weighted by atomic mass is 35.5. The quantitative estimate of drug-likeness (QED) is 0.889. The molecule has 0 fully saturated rings. The molecule has 0 spiro atoms. The van der Waals surface area contributed by atoms with E-state index in [1.54, 1.807) is 6.07 Å². The first-order valence-electron chi connectivity index (χ1n) is 7.36. The van der Waals surface area contributed by atoms with E-state index >= 15 is 0 Å². The molecule has 1 heterocycles. The Labute approximate surface area is 148 Å². The van der Waals surface area contributed by atoms with Crippen molar-refractivity contribution in [3.05, 3.63) is 57.3 Å². The van der Waals surface area contributed by atoms with Gasteiger partial charge in [-0.25, -0.2) is 4.39 Å². The monoisotopic (exact) mass is 369 g/mol. The van der Waals surface area contributed by atoms with Gasteiger partial charge in [0.25, 0.3) is 5.91 Å². The first-order valence-corrected chi connectivity index (χ1v) is 8.11. The van der Waals surface area contributed by atoms with Gasteiger partial charge in [0.2, 0.25) is 0 Å². The Kier molecular flexibility index (Phi) is 5.11. The van der Waals surface area contributed by atoms with Gasteiger partial charge in [0.15, 0.2) is 11.5 Å². The molecule has 1 amide bonds. The summed E-state index contributed by atoms with van der Waals surface area (Å²) in [5.41, 5.74) is 1.15. The molecule has 0 saturated heterocycles. The van der Waals surface area contributed by atoms with Gasteiger partial charge in [0.05, 0.1) is 15.6 Å². The molecular formula is C17H14Cl2FNO3. The molecule has 24 heavy (non-hydrogen) atoms. The molecule has 0 unspecified atom stereocenters. The molecule has 3 rings (SSSR count). The number of carbonyl (C=O) groups excluding carboxylic acids is 1. The summed E-state index contributed by atoms with van der Waals surface area (Å²) in [6.45, 7) is 1.33. The van der Waals surface area contributed by atoms with Crippen LogP contribution in [0.15, 0.2) is 30.3 Å². The normalized spacial score (nSPS) is 12.8. The average Bonchev–Trinajstić information content (AvgIpc) is 2.55. The summed E-state index contributed by atoms with van der Waals surface area (Å²) in [7, 11) is 0. The van der Waals surface area contributed by atoms with Crippen molar-refractivity contribution >= 4 is 29.1 Å². The van der Waals surface area contributed by atoms with Gasteiger partial charge in [-0.2, -0.15) is 0 Å². The van der Waals surface area contributed by atoms with Gasteiger partial charge < -0.3 is 14.8 Å². The molecule has 1 aliphatic rings. The fourth-order valence-corrected chi connectivity index (χ4v) is 2.94. The topological polar surface area (TPSA) is 47.6 Å². The van der Waals surface area contributed by atoms with Crippen LogP contribution in [0.25, 0.3) is 0 Å². The van der Waals surface area contributed by atoms with Gasteiger partial charge in [0, 0.05) is 6.54 Å². The molecule has 7 heteroatoms. The van der Waals surface area contributed by atoms with Gasteiger partial charge in [-0.3, -0.25) is 4.79 Å². The summed E-state index contributed by atoms with van der Waals surface area (Å²) in [4.78, 5) is 12.1. The number of ether oxygens (including phenoxy) is 2. The van der Waals surface area contributed by atoms with Gasteiger partial charge in [0.1, 0.15) is 19.0 Å². The number of nitrogens with one attached hydrogen (secondary N) is 1. The Morgan fingerprint density at radius 2 is 1.92 bits per heavy atom. The van der Waals surface area contributed by atoms with E-state index in [0.29, 0.717) is 42.7 Å². The molecule has 0 radical (unpaired) electrons. The number of rotatable bonds is 4. The largest absolute Gasteiger partial charge is 0.486 e. The van der Waals surface area contributed by atoms with E-state index in [9.17, 15) is 9.18 Å². The predicted molar refractivity (Wildman–Crippen MR) is 89.9 cm³/mol. The fourth-order valence-electron chi connectivity index (χ4n) is 2.40. The smallest absolute Gasteiger partial charge is 0.252 e. The van der Waals surface area contributed by atoms with Crippen molar-refractivity contribution < 1.29 is 18.7 Å². The SMILES string of the molecule is O=C(NCCc1cc(Cl)c2c(c1)OCCO2)c1ccc(F)cc1Cl. The van der Waals surface area contributed by atoms with E-state index in [2.05, 4.69) is 5.32 Å². The molecule has 0 aliphatic carbocycles. The average molecular weight is 370 g/mol. The van der Waals surface area contributed by atoms with Crippen molar-refractivity contribution in [1.29, 1.82) is 0 Å². The highest BCUT2D eigenvalue weighted by Gasteiger charge is 2.17. The second-order valence-electron chi connectivity index (χ2n) is 5.23. The van der Waals surface area contributed by atoms with Crippen LogP contribution in [0.5, 0.6) is 11.5 Å². The lowest BCUT2D eigenvalue weighted by Gasteiger charge is -2.20. The molecule has 2 aromatic carbocycles. The van der Waals surface area contributed by atoms with Crippen molar-refractivity contribution in [3.63, 3.8) is 0 Å². The summed E-state index contributed by atoms with van der Waals surface area (Å²) in [6, 6.07) is 7.29. The maximum atomic E-state index is 13.0. The van der Waals surface area contributed by atoms with E-state index in [-0.39, 0.29) is 16.5 Å². The van der Waals surface area contributed by atoms with Crippen LogP contribution in [-0.2, 0) is 6.42 Å². The third-order valence-corrected chi connectivity index (χ3v) is 4.13. The van der Waals surface area contributed by atoms with Gasteiger partial charge in [-0.05, 0) is 42.3 Å². The summed E-state index contributed by atoms with van der Waals surface area (Å²) in [6.07, 6.45) is 0.556. The standard InChI is InChI=1S/C17H14Cl2FNO3/c18-13-9-11(20)1-2-12(13)17(22)21-4-3-10-7-14(19)16-15(8-10)23-5-6-24-16/h1-2,7-9H,3-6H2,(H,21,22). The van der Waals surface area contributed by atoms with E-state index in [4.69, 9.17) is 32.7 Å². The van der Waals surface area contributed by atoms with Crippen molar-refractivity contribution in [2.24, 2.45) is 0 Å². The van der Waals surface area contributed by atoms with Crippen LogP contribution < -0.4 is 14.8 Å². The maximum absolute atomic E-state index is 13.0. The highest BCUT2D eigenvalue weighted by Crippen LogP contribution is 2.38. The maximum Gasteiger partial charge on any atom is 0.252 e. The zero-order valence-corrected chi connectivity index (χ0v) is 14.1. The number of fused-ring (bicyclic) bond motifs is 1. The molecule has 126 valence electrons. The third-order valence-electron chi connectivity index (χ3n) is 3.53. The summed E-state index contributed by atoms with van der Waals surface area (Å²) < 4.78 is 24.0. The van der Waals surface area contributed by atoms with Crippen LogP contribution in [0, 0.1) is 5.82 Å². The number of amides is 1. The van der Waals surface area contributed by atoms with Crippen LogP contribution in [0.2, 0.25) is 10.0 Å². The number of halogens is 3. The first kappa shape index (κ1) is 16.9. The van der Waals surface area contributed by atoms with Gasteiger partial charge in [-0.15, -0.1) is 0 Å². The lowest BCUT2D eigenvalue weighted by atomic mass is 10.1. The molecular weight excluding hydrogens is 356 g/mol. The van der Waals surface area contributed by atoms with E-state index in [1.165, 1.54) is 12.1 Å². The second kappa shape index (κ2) is 7.28. The molecule has 0 bridgehead atoms. The van der Waals surface area contributed by atoms with Crippen molar-refractivity contribution in [2.75, 3.05) is 19.8 Å². The number of hydrogen-bond acceptors (Lipinski definition) is 3. The Hall–Kier alpha value is -1.98. The van der Waals surface area contributed by atoms with Gasteiger partial charge in [-0.1, -0.05) is 23.2 Å². The number of carbonyl (C=O) groups is 1. The van der Waals surface area contributed by atoms with Crippen molar-refractivity contribution in [1.82, 2.24) is 5.32 Å². The zero-order valence-electron chi connectivity index (χ0n) is 12.6. The minimum Gasteiger partial charge on any atom is -0.486 e. The number of hydrogen-bond donors (Lipinski definition) is 1. The second-order valence-corrected chi connectivity index (χ2v) is 6.05. The molecule has 0 atom stereocenters. The number of benzene rings is 2. The first-order chi connectivity index (χ1) is 11.5. The Morgan fingerprint density at radius 3 is 2.71 bits per heavy atom. The Bertz CT molecular complexity index is 783.